The predicted octanol–water partition coefficient (Wildman–Crippen LogP) is 8.21. The van der Waals surface area contributed by atoms with Gasteiger partial charge in [-0.3, -0.25) is 0 Å². The number of esters is 1. The SMILES string of the molecule is CCCCCCCCc1ccc(-c2ccc(-c3ncc(OC(=O)[C@H](C)OCCCCC)cn3)cc2)cc1. The van der Waals surface area contributed by atoms with Crippen LogP contribution in [0.4, 0.5) is 0 Å². The van der Waals surface area contributed by atoms with Gasteiger partial charge >= 0.3 is 5.97 Å². The number of aromatic nitrogens is 2. The highest BCUT2D eigenvalue weighted by atomic mass is 16.6. The molecular weight excluding hydrogens is 460 g/mol. The molecule has 1 aromatic heterocycles. The number of hydrogen-bond acceptors (Lipinski definition) is 5. The van der Waals surface area contributed by atoms with Crippen LogP contribution >= 0.6 is 0 Å². The van der Waals surface area contributed by atoms with E-state index in [1.807, 2.05) is 12.1 Å². The topological polar surface area (TPSA) is 61.3 Å². The molecule has 2 aromatic carbocycles. The highest BCUT2D eigenvalue weighted by Crippen LogP contribution is 2.24. The van der Waals surface area contributed by atoms with Crippen molar-refractivity contribution in [3.63, 3.8) is 0 Å². The largest absolute Gasteiger partial charge is 0.421 e. The lowest BCUT2D eigenvalue weighted by Crippen LogP contribution is -2.26. The van der Waals surface area contributed by atoms with Crippen LogP contribution in [0.1, 0.15) is 84.1 Å². The van der Waals surface area contributed by atoms with Crippen molar-refractivity contribution in [1.29, 1.82) is 0 Å². The molecule has 0 spiro atoms. The molecule has 0 bridgehead atoms. The second kappa shape index (κ2) is 15.9. The monoisotopic (exact) mass is 502 g/mol. The Morgan fingerprint density at radius 2 is 1.27 bits per heavy atom. The van der Waals surface area contributed by atoms with Crippen molar-refractivity contribution in [3.8, 4) is 28.3 Å². The summed E-state index contributed by atoms with van der Waals surface area (Å²) >= 11 is 0. The van der Waals surface area contributed by atoms with E-state index in [9.17, 15) is 4.79 Å². The Morgan fingerprint density at radius 3 is 1.92 bits per heavy atom. The Hall–Kier alpha value is -3.05. The molecule has 3 aromatic rings. The van der Waals surface area contributed by atoms with E-state index in [2.05, 4.69) is 60.2 Å². The van der Waals surface area contributed by atoms with Gasteiger partial charge in [-0.05, 0) is 42.9 Å². The smallest absolute Gasteiger partial charge is 0.340 e. The molecule has 0 saturated heterocycles. The van der Waals surface area contributed by atoms with Crippen LogP contribution < -0.4 is 4.74 Å². The van der Waals surface area contributed by atoms with Crippen molar-refractivity contribution in [1.82, 2.24) is 9.97 Å². The van der Waals surface area contributed by atoms with E-state index in [1.54, 1.807) is 6.92 Å². The molecule has 0 N–H and O–H groups in total. The molecule has 198 valence electrons. The van der Waals surface area contributed by atoms with Gasteiger partial charge < -0.3 is 9.47 Å². The van der Waals surface area contributed by atoms with Crippen LogP contribution in [0.15, 0.2) is 60.9 Å². The maximum absolute atomic E-state index is 12.2. The summed E-state index contributed by atoms with van der Waals surface area (Å²) in [5.41, 5.74) is 4.68. The van der Waals surface area contributed by atoms with Gasteiger partial charge in [-0.15, -0.1) is 0 Å². The summed E-state index contributed by atoms with van der Waals surface area (Å²) in [4.78, 5) is 21.0. The summed E-state index contributed by atoms with van der Waals surface area (Å²) in [6.07, 6.45) is 14.7. The molecule has 1 atom stereocenters. The lowest BCUT2D eigenvalue weighted by atomic mass is 10.00. The zero-order valence-electron chi connectivity index (χ0n) is 22.7. The summed E-state index contributed by atoms with van der Waals surface area (Å²) in [6.45, 7) is 6.65. The third-order valence-corrected chi connectivity index (χ3v) is 6.54. The summed E-state index contributed by atoms with van der Waals surface area (Å²) in [5.74, 6) is 0.468. The van der Waals surface area contributed by atoms with Gasteiger partial charge in [0.25, 0.3) is 0 Å². The second-order valence-corrected chi connectivity index (χ2v) is 9.68. The summed E-state index contributed by atoms with van der Waals surface area (Å²) in [6, 6.07) is 17.1. The molecule has 5 nitrogen and oxygen atoms in total. The highest BCUT2D eigenvalue weighted by molar-refractivity contribution is 5.76. The van der Waals surface area contributed by atoms with Crippen LogP contribution in [-0.2, 0) is 16.0 Å². The lowest BCUT2D eigenvalue weighted by Gasteiger charge is -2.12. The Morgan fingerprint density at radius 1 is 0.730 bits per heavy atom. The van der Waals surface area contributed by atoms with E-state index in [4.69, 9.17) is 9.47 Å². The lowest BCUT2D eigenvalue weighted by molar-refractivity contribution is -0.146. The summed E-state index contributed by atoms with van der Waals surface area (Å²) in [5, 5.41) is 0. The average Bonchev–Trinajstić information content (AvgIpc) is 2.94. The van der Waals surface area contributed by atoms with Crippen LogP contribution in [0.3, 0.4) is 0 Å². The number of carbonyl (C=O) groups excluding carboxylic acids is 1. The standard InChI is InChI=1S/C32H42N2O3/c1-4-6-8-9-10-11-13-26-14-16-27(17-15-26)28-18-20-29(21-19-28)31-33-23-30(24-34-31)37-32(35)25(3)36-22-12-7-5-2/h14-21,23-25H,4-13,22H2,1-3H3/t25-/m0/s1. The van der Waals surface area contributed by atoms with Crippen LogP contribution in [0, 0.1) is 0 Å². The summed E-state index contributed by atoms with van der Waals surface area (Å²) < 4.78 is 10.9. The predicted molar refractivity (Wildman–Crippen MR) is 151 cm³/mol. The van der Waals surface area contributed by atoms with Crippen LogP contribution in [0.2, 0.25) is 0 Å². The van der Waals surface area contributed by atoms with Crippen LogP contribution in [0.5, 0.6) is 5.75 Å². The molecule has 0 fully saturated rings. The number of carbonyl (C=O) groups is 1. The molecule has 0 radical (unpaired) electrons. The number of hydrogen-bond donors (Lipinski definition) is 0. The summed E-state index contributed by atoms with van der Waals surface area (Å²) in [7, 11) is 0. The van der Waals surface area contributed by atoms with E-state index < -0.39 is 12.1 Å². The van der Waals surface area contributed by atoms with Crippen molar-refractivity contribution in [2.45, 2.75) is 91.1 Å². The number of ether oxygens (including phenoxy) is 2. The number of unbranched alkanes of at least 4 members (excludes halogenated alkanes) is 7. The van der Waals surface area contributed by atoms with E-state index >= 15 is 0 Å². The zero-order valence-corrected chi connectivity index (χ0v) is 22.7. The molecule has 0 unspecified atom stereocenters. The molecule has 0 aliphatic heterocycles. The average molecular weight is 503 g/mol. The van der Waals surface area contributed by atoms with Gasteiger partial charge in [-0.2, -0.15) is 0 Å². The van der Waals surface area contributed by atoms with Gasteiger partial charge in [0.1, 0.15) is 0 Å². The fourth-order valence-corrected chi connectivity index (χ4v) is 4.18. The Kier molecular flexibility index (Phi) is 12.3. The minimum absolute atomic E-state index is 0.315. The molecular formula is C32H42N2O3. The Labute approximate surface area is 222 Å². The maximum atomic E-state index is 12.2. The first kappa shape index (κ1) is 28.5. The van der Waals surface area contributed by atoms with E-state index in [1.165, 1.54) is 62.0 Å². The quantitative estimate of drug-likeness (QED) is 0.146. The van der Waals surface area contributed by atoms with E-state index in [0.717, 1.165) is 36.8 Å². The molecule has 37 heavy (non-hydrogen) atoms. The Bertz CT molecular complexity index is 1050. The van der Waals surface area contributed by atoms with Crippen LogP contribution in [-0.4, -0.2) is 28.6 Å². The van der Waals surface area contributed by atoms with E-state index in [0.29, 0.717) is 18.2 Å². The molecule has 0 amide bonds. The molecule has 0 saturated carbocycles. The second-order valence-electron chi connectivity index (χ2n) is 9.68. The van der Waals surface area contributed by atoms with Gasteiger partial charge in [-0.1, -0.05) is 107 Å². The van der Waals surface area contributed by atoms with Gasteiger partial charge in [-0.25, -0.2) is 14.8 Å². The van der Waals surface area contributed by atoms with Gasteiger partial charge in [0.05, 0.1) is 12.4 Å². The molecule has 1 heterocycles. The van der Waals surface area contributed by atoms with Gasteiger partial charge in [0.2, 0.25) is 0 Å². The number of nitrogens with zero attached hydrogens (tertiary/aromatic N) is 2. The molecule has 0 aliphatic carbocycles. The fraction of sp³-hybridized carbons (Fsp3) is 0.469. The van der Waals surface area contributed by atoms with Crippen molar-refractivity contribution in [2.75, 3.05) is 6.61 Å². The Balaban J connectivity index is 1.49. The molecule has 5 heteroatoms. The van der Waals surface area contributed by atoms with E-state index in [-0.39, 0.29) is 0 Å². The highest BCUT2D eigenvalue weighted by Gasteiger charge is 2.16. The number of rotatable bonds is 16. The molecule has 3 rings (SSSR count). The molecule has 0 aliphatic rings. The first-order chi connectivity index (χ1) is 18.1. The minimum atomic E-state index is -0.617. The van der Waals surface area contributed by atoms with Crippen molar-refractivity contribution < 1.29 is 14.3 Å². The zero-order chi connectivity index (χ0) is 26.3. The third-order valence-electron chi connectivity index (χ3n) is 6.54. The minimum Gasteiger partial charge on any atom is -0.421 e. The van der Waals surface area contributed by atoms with Crippen LogP contribution in [0.25, 0.3) is 22.5 Å². The van der Waals surface area contributed by atoms with Crippen molar-refractivity contribution in [2.24, 2.45) is 0 Å². The fourth-order valence-electron chi connectivity index (χ4n) is 4.18. The van der Waals surface area contributed by atoms with Gasteiger partial charge in [0, 0.05) is 12.2 Å². The van der Waals surface area contributed by atoms with Crippen molar-refractivity contribution in [3.05, 3.63) is 66.5 Å². The third kappa shape index (κ3) is 9.73. The first-order valence-electron chi connectivity index (χ1n) is 14.0. The maximum Gasteiger partial charge on any atom is 0.340 e. The first-order valence-corrected chi connectivity index (χ1v) is 14.0. The van der Waals surface area contributed by atoms with Gasteiger partial charge in [0.15, 0.2) is 17.7 Å². The van der Waals surface area contributed by atoms with Crippen molar-refractivity contribution >= 4 is 5.97 Å². The normalized spacial score (nSPS) is 11.9. The number of benzene rings is 2. The number of aryl methyl sites for hydroxylation is 1.